The van der Waals surface area contributed by atoms with Gasteiger partial charge in [-0.25, -0.2) is 9.97 Å². The third-order valence-electron chi connectivity index (χ3n) is 1.41. The molecule has 1 rings (SSSR count). The molecule has 0 aliphatic heterocycles. The third-order valence-corrected chi connectivity index (χ3v) is 2.48. The highest BCUT2D eigenvalue weighted by molar-refractivity contribution is 7.98. The fraction of sp³-hybridized carbons (Fsp3) is 0.429. The van der Waals surface area contributed by atoms with Crippen molar-refractivity contribution in [2.75, 3.05) is 25.3 Å². The molecule has 0 aliphatic rings. The minimum absolute atomic E-state index is 0.384. The van der Waals surface area contributed by atoms with Crippen molar-refractivity contribution in [2.45, 2.75) is 5.16 Å². The Kier molecular flexibility index (Phi) is 3.64. The molecular weight excluding hydrogens is 229 g/mol. The van der Waals surface area contributed by atoms with Crippen molar-refractivity contribution in [3.05, 3.63) is 10.3 Å². The van der Waals surface area contributed by atoms with Crippen molar-refractivity contribution in [3.8, 4) is 0 Å². The monoisotopic (exact) mass is 237 g/mol. The van der Waals surface area contributed by atoms with Gasteiger partial charge >= 0.3 is 0 Å². The lowest BCUT2D eigenvalue weighted by atomic mass is 10.5. The highest BCUT2D eigenvalue weighted by Gasteiger charge is 2.12. The molecule has 0 fully saturated rings. The van der Waals surface area contributed by atoms with Crippen molar-refractivity contribution < 1.29 is 0 Å². The van der Waals surface area contributed by atoms with Gasteiger partial charge in [-0.1, -0.05) is 35.0 Å². The SMILES string of the molecule is CSc1nc(Cl)c(N(C)C)c(Cl)n1. The van der Waals surface area contributed by atoms with E-state index < -0.39 is 0 Å². The molecule has 6 heteroatoms. The number of nitrogens with zero attached hydrogens (tertiary/aromatic N) is 3. The normalized spacial score (nSPS) is 10.2. The minimum Gasteiger partial charge on any atom is -0.373 e. The van der Waals surface area contributed by atoms with Gasteiger partial charge in [-0.15, -0.1) is 0 Å². The van der Waals surface area contributed by atoms with Crippen LogP contribution in [0.15, 0.2) is 5.16 Å². The Morgan fingerprint density at radius 2 is 1.62 bits per heavy atom. The molecule has 0 amide bonds. The molecule has 1 heterocycles. The first kappa shape index (κ1) is 10.9. The van der Waals surface area contributed by atoms with Crippen LogP contribution in [-0.4, -0.2) is 30.3 Å². The number of hydrogen-bond acceptors (Lipinski definition) is 4. The zero-order chi connectivity index (χ0) is 10.0. The van der Waals surface area contributed by atoms with Gasteiger partial charge in [0.2, 0.25) is 0 Å². The van der Waals surface area contributed by atoms with Gasteiger partial charge in [-0.05, 0) is 6.26 Å². The summed E-state index contributed by atoms with van der Waals surface area (Å²) in [5.41, 5.74) is 0.654. The number of aromatic nitrogens is 2. The Labute approximate surface area is 91.5 Å². The summed E-state index contributed by atoms with van der Waals surface area (Å²) in [6.45, 7) is 0. The third kappa shape index (κ3) is 2.39. The summed E-state index contributed by atoms with van der Waals surface area (Å²) in [5.74, 6) is 0. The predicted octanol–water partition coefficient (Wildman–Crippen LogP) is 2.57. The van der Waals surface area contributed by atoms with Crippen LogP contribution in [0, 0.1) is 0 Å². The second-order valence-electron chi connectivity index (χ2n) is 2.53. The molecule has 72 valence electrons. The van der Waals surface area contributed by atoms with Crippen LogP contribution in [0.4, 0.5) is 5.69 Å². The fourth-order valence-electron chi connectivity index (χ4n) is 0.844. The van der Waals surface area contributed by atoms with Crippen LogP contribution in [0.3, 0.4) is 0 Å². The second kappa shape index (κ2) is 4.35. The zero-order valence-electron chi connectivity index (χ0n) is 7.51. The lowest BCUT2D eigenvalue weighted by molar-refractivity contribution is 0.950. The average molecular weight is 238 g/mol. The van der Waals surface area contributed by atoms with E-state index in [0.29, 0.717) is 21.2 Å². The van der Waals surface area contributed by atoms with Crippen molar-refractivity contribution in [1.29, 1.82) is 0 Å². The van der Waals surface area contributed by atoms with Crippen LogP contribution in [0.5, 0.6) is 0 Å². The Morgan fingerprint density at radius 1 is 1.15 bits per heavy atom. The maximum Gasteiger partial charge on any atom is 0.190 e. The Morgan fingerprint density at radius 3 is 1.92 bits per heavy atom. The van der Waals surface area contributed by atoms with E-state index in [-0.39, 0.29) is 0 Å². The first-order valence-corrected chi connectivity index (χ1v) is 5.48. The number of hydrogen-bond donors (Lipinski definition) is 0. The van der Waals surface area contributed by atoms with E-state index in [1.807, 2.05) is 20.4 Å². The highest BCUT2D eigenvalue weighted by Crippen LogP contribution is 2.30. The maximum atomic E-state index is 5.92. The largest absolute Gasteiger partial charge is 0.373 e. The van der Waals surface area contributed by atoms with Gasteiger partial charge < -0.3 is 4.90 Å². The van der Waals surface area contributed by atoms with Gasteiger partial charge in [0.05, 0.1) is 0 Å². The van der Waals surface area contributed by atoms with Crippen molar-refractivity contribution in [1.82, 2.24) is 9.97 Å². The number of rotatable bonds is 2. The number of halogens is 2. The van der Waals surface area contributed by atoms with Gasteiger partial charge in [0.1, 0.15) is 5.69 Å². The van der Waals surface area contributed by atoms with Crippen LogP contribution in [0.25, 0.3) is 0 Å². The van der Waals surface area contributed by atoms with Gasteiger partial charge in [0, 0.05) is 14.1 Å². The Balaban J connectivity index is 3.23. The van der Waals surface area contributed by atoms with Gasteiger partial charge in [-0.3, -0.25) is 0 Å². The van der Waals surface area contributed by atoms with Crippen molar-refractivity contribution in [3.63, 3.8) is 0 Å². The molecule has 0 spiro atoms. The molecule has 0 saturated carbocycles. The topological polar surface area (TPSA) is 29.0 Å². The summed E-state index contributed by atoms with van der Waals surface area (Å²) in [7, 11) is 3.68. The summed E-state index contributed by atoms with van der Waals surface area (Å²) in [5, 5.41) is 1.35. The van der Waals surface area contributed by atoms with E-state index in [0.717, 1.165) is 0 Å². The molecule has 13 heavy (non-hydrogen) atoms. The van der Waals surface area contributed by atoms with E-state index in [1.165, 1.54) is 11.8 Å². The first-order chi connectivity index (χ1) is 6.06. The van der Waals surface area contributed by atoms with Crippen LogP contribution >= 0.6 is 35.0 Å². The zero-order valence-corrected chi connectivity index (χ0v) is 9.83. The quantitative estimate of drug-likeness (QED) is 0.450. The molecule has 0 unspecified atom stereocenters. The summed E-state index contributed by atoms with van der Waals surface area (Å²) in [6, 6.07) is 0. The van der Waals surface area contributed by atoms with Crippen LogP contribution in [-0.2, 0) is 0 Å². The lowest BCUT2D eigenvalue weighted by Crippen LogP contribution is -2.11. The maximum absolute atomic E-state index is 5.92. The van der Waals surface area contributed by atoms with Crippen LogP contribution in [0.1, 0.15) is 0 Å². The minimum atomic E-state index is 0.384. The first-order valence-electron chi connectivity index (χ1n) is 3.50. The molecular formula is C7H9Cl2N3S. The van der Waals surface area contributed by atoms with Crippen LogP contribution < -0.4 is 4.90 Å². The van der Waals surface area contributed by atoms with E-state index in [4.69, 9.17) is 23.2 Å². The molecule has 1 aromatic rings. The summed E-state index contributed by atoms with van der Waals surface area (Å²) in [4.78, 5) is 9.92. The molecule has 0 atom stereocenters. The molecule has 0 aliphatic carbocycles. The highest BCUT2D eigenvalue weighted by atomic mass is 35.5. The second-order valence-corrected chi connectivity index (χ2v) is 4.02. The smallest absolute Gasteiger partial charge is 0.190 e. The number of thioether (sulfide) groups is 1. The van der Waals surface area contributed by atoms with Crippen LogP contribution in [0.2, 0.25) is 10.3 Å². The van der Waals surface area contributed by atoms with E-state index in [9.17, 15) is 0 Å². The van der Waals surface area contributed by atoms with E-state index in [2.05, 4.69) is 9.97 Å². The lowest BCUT2D eigenvalue weighted by Gasteiger charge is -2.14. The van der Waals surface area contributed by atoms with Gasteiger partial charge in [-0.2, -0.15) is 0 Å². The predicted molar refractivity (Wildman–Crippen MR) is 58.2 cm³/mol. The van der Waals surface area contributed by atoms with Gasteiger partial charge in [0.25, 0.3) is 0 Å². The van der Waals surface area contributed by atoms with Gasteiger partial charge in [0.15, 0.2) is 15.5 Å². The average Bonchev–Trinajstić information content (AvgIpc) is 2.02. The molecule has 1 aromatic heterocycles. The molecule has 0 radical (unpaired) electrons. The van der Waals surface area contributed by atoms with E-state index >= 15 is 0 Å². The van der Waals surface area contributed by atoms with Crippen molar-refractivity contribution in [2.24, 2.45) is 0 Å². The molecule has 0 aromatic carbocycles. The Bertz CT molecular complexity index is 294. The fourth-order valence-corrected chi connectivity index (χ4v) is 2.04. The molecule has 0 N–H and O–H groups in total. The summed E-state index contributed by atoms with van der Waals surface area (Å²) < 4.78 is 0. The molecule has 3 nitrogen and oxygen atoms in total. The Hall–Kier alpha value is -0.190. The van der Waals surface area contributed by atoms with Crippen molar-refractivity contribution >= 4 is 40.7 Å². The summed E-state index contributed by atoms with van der Waals surface area (Å²) in [6.07, 6.45) is 1.87. The van der Waals surface area contributed by atoms with E-state index in [1.54, 1.807) is 4.90 Å². The summed E-state index contributed by atoms with van der Waals surface area (Å²) >= 11 is 13.2. The molecule has 0 saturated heterocycles. The number of anilines is 1. The standard InChI is InChI=1S/C7H9Cl2N3S/c1-12(2)4-5(8)10-7(13-3)11-6(4)9/h1-3H3. The molecule has 0 bridgehead atoms.